The van der Waals surface area contributed by atoms with Gasteiger partial charge in [-0.3, -0.25) is 9.59 Å². The van der Waals surface area contributed by atoms with Crippen LogP contribution in [0.3, 0.4) is 0 Å². The molecule has 2 heterocycles. The molecule has 1 aliphatic heterocycles. The molecule has 0 saturated carbocycles. The molecule has 1 aromatic carbocycles. The van der Waals surface area contributed by atoms with Gasteiger partial charge in [0.15, 0.2) is 0 Å². The molecular weight excluding hydrogens is 332 g/mol. The van der Waals surface area contributed by atoms with E-state index in [1.165, 1.54) is 11.3 Å². The number of benzene rings is 1. The van der Waals surface area contributed by atoms with Gasteiger partial charge in [0.25, 0.3) is 5.91 Å². The summed E-state index contributed by atoms with van der Waals surface area (Å²) >= 11 is 7.86. The highest BCUT2D eigenvalue weighted by molar-refractivity contribution is 7.21. The minimum Gasteiger partial charge on any atom is -0.370 e. The Kier molecular flexibility index (Phi) is 4.87. The van der Waals surface area contributed by atoms with Crippen molar-refractivity contribution in [3.63, 3.8) is 0 Å². The number of hydrogen-bond acceptors (Lipinski definition) is 3. The number of fused-ring (bicyclic) bond motifs is 1. The van der Waals surface area contributed by atoms with Crippen molar-refractivity contribution in [1.29, 1.82) is 0 Å². The van der Waals surface area contributed by atoms with Gasteiger partial charge in [-0.15, -0.1) is 11.3 Å². The van der Waals surface area contributed by atoms with E-state index in [1.54, 1.807) is 0 Å². The third kappa shape index (κ3) is 3.51. The molecule has 1 saturated heterocycles. The zero-order valence-corrected chi connectivity index (χ0v) is 14.3. The topological polar surface area (TPSA) is 63.4 Å². The summed E-state index contributed by atoms with van der Waals surface area (Å²) in [6.45, 7) is 1.42. The van der Waals surface area contributed by atoms with E-state index in [1.807, 2.05) is 29.2 Å². The summed E-state index contributed by atoms with van der Waals surface area (Å²) in [7, 11) is 0. The summed E-state index contributed by atoms with van der Waals surface area (Å²) in [6.07, 6.45) is 3.13. The molecule has 6 heteroatoms. The van der Waals surface area contributed by atoms with E-state index in [2.05, 4.69) is 0 Å². The van der Waals surface area contributed by atoms with Gasteiger partial charge in [-0.2, -0.15) is 0 Å². The lowest BCUT2D eigenvalue weighted by Crippen LogP contribution is -2.40. The van der Waals surface area contributed by atoms with Gasteiger partial charge in [-0.1, -0.05) is 29.8 Å². The maximum Gasteiger partial charge on any atom is 0.265 e. The molecule has 1 aliphatic rings. The van der Waals surface area contributed by atoms with Crippen LogP contribution >= 0.6 is 22.9 Å². The van der Waals surface area contributed by atoms with Gasteiger partial charge >= 0.3 is 0 Å². The molecule has 0 bridgehead atoms. The second-order valence-electron chi connectivity index (χ2n) is 6.01. The maximum atomic E-state index is 12.8. The molecule has 23 heavy (non-hydrogen) atoms. The maximum absolute atomic E-state index is 12.8. The van der Waals surface area contributed by atoms with E-state index < -0.39 is 0 Å². The third-order valence-corrected chi connectivity index (χ3v) is 6.00. The normalized spacial score (nSPS) is 18.3. The Morgan fingerprint density at radius 2 is 2.13 bits per heavy atom. The van der Waals surface area contributed by atoms with E-state index in [-0.39, 0.29) is 11.8 Å². The molecular formula is C17H19ClN2O2S. The Hall–Kier alpha value is -1.59. The number of primary amides is 1. The number of likely N-dealkylation sites (tertiary alicyclic amines) is 1. The van der Waals surface area contributed by atoms with Crippen molar-refractivity contribution in [3.8, 4) is 0 Å². The predicted octanol–water partition coefficient (Wildman–Crippen LogP) is 3.67. The average molecular weight is 351 g/mol. The summed E-state index contributed by atoms with van der Waals surface area (Å²) in [5.41, 5.74) is 5.22. The molecule has 0 radical (unpaired) electrons. The summed E-state index contributed by atoms with van der Waals surface area (Å²) in [6, 6.07) is 7.80. The number of nitrogens with two attached hydrogens (primary N) is 1. The molecule has 1 fully saturated rings. The molecule has 0 aliphatic carbocycles. The first-order valence-electron chi connectivity index (χ1n) is 7.81. The van der Waals surface area contributed by atoms with Gasteiger partial charge in [0, 0.05) is 29.6 Å². The van der Waals surface area contributed by atoms with Crippen molar-refractivity contribution in [3.05, 3.63) is 34.2 Å². The Morgan fingerprint density at radius 3 is 2.87 bits per heavy atom. The monoisotopic (exact) mass is 350 g/mol. The largest absolute Gasteiger partial charge is 0.370 e. The lowest BCUT2D eigenvalue weighted by molar-refractivity contribution is -0.118. The summed E-state index contributed by atoms with van der Waals surface area (Å²) in [5, 5.41) is 1.49. The Labute approximate surface area is 144 Å². The molecule has 2 amide bonds. The number of piperidine rings is 1. The zero-order valence-electron chi connectivity index (χ0n) is 12.8. The van der Waals surface area contributed by atoms with E-state index in [9.17, 15) is 9.59 Å². The van der Waals surface area contributed by atoms with Crippen molar-refractivity contribution in [1.82, 2.24) is 4.90 Å². The zero-order chi connectivity index (χ0) is 16.4. The average Bonchev–Trinajstić information content (AvgIpc) is 2.90. The second kappa shape index (κ2) is 6.89. The molecule has 2 aromatic rings. The van der Waals surface area contributed by atoms with Crippen molar-refractivity contribution in [2.24, 2.45) is 11.7 Å². The van der Waals surface area contributed by atoms with Crippen LogP contribution in [0.15, 0.2) is 24.3 Å². The minimum absolute atomic E-state index is 0.0000231. The number of hydrogen-bond donors (Lipinski definition) is 1. The first-order chi connectivity index (χ1) is 11.1. The van der Waals surface area contributed by atoms with Crippen molar-refractivity contribution >= 4 is 44.8 Å². The van der Waals surface area contributed by atoms with Gasteiger partial charge in [-0.05, 0) is 31.2 Å². The summed E-state index contributed by atoms with van der Waals surface area (Å²) < 4.78 is 1.03. The number of rotatable bonds is 4. The molecule has 1 unspecified atom stereocenters. The van der Waals surface area contributed by atoms with Crippen molar-refractivity contribution in [2.75, 3.05) is 13.1 Å². The highest BCUT2D eigenvalue weighted by atomic mass is 35.5. The fraction of sp³-hybridized carbons (Fsp3) is 0.412. The van der Waals surface area contributed by atoms with Crippen LogP contribution in [0.4, 0.5) is 0 Å². The number of thiophene rings is 1. The predicted molar refractivity (Wildman–Crippen MR) is 93.9 cm³/mol. The molecule has 1 aromatic heterocycles. The number of carbonyl (C=O) groups is 2. The molecule has 4 nitrogen and oxygen atoms in total. The van der Waals surface area contributed by atoms with Crippen LogP contribution in [0.25, 0.3) is 10.1 Å². The lowest BCUT2D eigenvalue weighted by atomic mass is 9.93. The first-order valence-corrected chi connectivity index (χ1v) is 9.00. The molecule has 0 spiro atoms. The quantitative estimate of drug-likeness (QED) is 0.914. The molecule has 122 valence electrons. The molecule has 2 N–H and O–H groups in total. The van der Waals surface area contributed by atoms with Crippen LogP contribution in [0, 0.1) is 5.92 Å². The molecule has 1 atom stereocenters. The number of halogens is 1. The van der Waals surface area contributed by atoms with Crippen molar-refractivity contribution < 1.29 is 9.59 Å². The highest BCUT2D eigenvalue weighted by Crippen LogP contribution is 2.36. The Bertz CT molecular complexity index is 743. The SMILES string of the molecule is NC(=O)CCC1CCCN(C(=O)c2sc3ccccc3c2Cl)C1. The minimum atomic E-state index is -0.277. The third-order valence-electron chi connectivity index (χ3n) is 4.33. The molecule has 3 rings (SSSR count). The van der Waals surface area contributed by atoms with Crippen LogP contribution in [-0.2, 0) is 4.79 Å². The summed E-state index contributed by atoms with van der Waals surface area (Å²) in [4.78, 5) is 26.3. The Balaban J connectivity index is 1.76. The summed E-state index contributed by atoms with van der Waals surface area (Å²) in [5.74, 6) is 0.0642. The van der Waals surface area contributed by atoms with Crippen LogP contribution in [-0.4, -0.2) is 29.8 Å². The second-order valence-corrected chi connectivity index (χ2v) is 7.44. The fourth-order valence-electron chi connectivity index (χ4n) is 3.13. The fourth-order valence-corrected chi connectivity index (χ4v) is 4.61. The van der Waals surface area contributed by atoms with Crippen LogP contribution in [0.2, 0.25) is 5.02 Å². The highest BCUT2D eigenvalue weighted by Gasteiger charge is 2.27. The first kappa shape index (κ1) is 16.3. The van der Waals surface area contributed by atoms with Gasteiger partial charge in [0.1, 0.15) is 4.88 Å². The Morgan fingerprint density at radius 1 is 1.35 bits per heavy atom. The van der Waals surface area contributed by atoms with Crippen LogP contribution in [0.5, 0.6) is 0 Å². The van der Waals surface area contributed by atoms with Crippen LogP contribution < -0.4 is 5.73 Å². The lowest BCUT2D eigenvalue weighted by Gasteiger charge is -2.32. The van der Waals surface area contributed by atoms with Crippen LogP contribution in [0.1, 0.15) is 35.4 Å². The van der Waals surface area contributed by atoms with Gasteiger partial charge in [0.05, 0.1) is 5.02 Å². The van der Waals surface area contributed by atoms with E-state index in [0.29, 0.717) is 28.8 Å². The van der Waals surface area contributed by atoms with E-state index >= 15 is 0 Å². The van der Waals surface area contributed by atoms with Gasteiger partial charge in [-0.25, -0.2) is 0 Å². The standard InChI is InChI=1S/C17H19ClN2O2S/c18-15-12-5-1-2-6-13(12)23-16(15)17(22)20-9-3-4-11(10-20)7-8-14(19)21/h1-2,5-6,11H,3-4,7-10H2,(H2,19,21). The van der Waals surface area contributed by atoms with Crippen molar-refractivity contribution in [2.45, 2.75) is 25.7 Å². The van der Waals surface area contributed by atoms with E-state index in [4.69, 9.17) is 17.3 Å². The number of carbonyl (C=O) groups excluding carboxylic acids is 2. The number of amides is 2. The number of nitrogens with zero attached hydrogens (tertiary/aromatic N) is 1. The smallest absolute Gasteiger partial charge is 0.265 e. The van der Waals surface area contributed by atoms with E-state index in [0.717, 1.165) is 35.9 Å². The van der Waals surface area contributed by atoms with Gasteiger partial charge < -0.3 is 10.6 Å². The van der Waals surface area contributed by atoms with Gasteiger partial charge in [0.2, 0.25) is 5.91 Å².